The normalized spacial score (nSPS) is 10.6. The average molecular weight is 360 g/mol. The lowest BCUT2D eigenvalue weighted by Gasteiger charge is -2.07. The zero-order valence-corrected chi connectivity index (χ0v) is 13.9. The number of benzene rings is 1. The van der Waals surface area contributed by atoms with Crippen molar-refractivity contribution in [1.29, 1.82) is 0 Å². The van der Waals surface area contributed by atoms with E-state index in [1.54, 1.807) is 47.0 Å². The highest BCUT2D eigenvalue weighted by Crippen LogP contribution is 2.30. The van der Waals surface area contributed by atoms with Crippen LogP contribution >= 0.6 is 11.6 Å². The van der Waals surface area contributed by atoms with E-state index in [0.717, 1.165) is 5.56 Å². The molecule has 25 heavy (non-hydrogen) atoms. The van der Waals surface area contributed by atoms with Crippen LogP contribution in [0.25, 0.3) is 16.9 Å². The fourth-order valence-electron chi connectivity index (χ4n) is 2.43. The molecule has 0 fully saturated rings. The number of nitrogens with zero attached hydrogens (tertiary/aromatic N) is 2. The smallest absolute Gasteiger partial charge is 0.338 e. The van der Waals surface area contributed by atoms with Gasteiger partial charge >= 0.3 is 11.9 Å². The zero-order chi connectivity index (χ0) is 18.0. The fourth-order valence-corrected chi connectivity index (χ4v) is 2.55. The second-order valence-corrected chi connectivity index (χ2v) is 5.63. The third-order valence-electron chi connectivity index (χ3n) is 3.57. The van der Waals surface area contributed by atoms with Crippen molar-refractivity contribution < 1.29 is 19.4 Å². The van der Waals surface area contributed by atoms with Gasteiger partial charge in [0.2, 0.25) is 0 Å². The Hall–Kier alpha value is -3.06. The fraction of sp³-hybridized carbons (Fsp3) is 0.118. The molecule has 0 radical (unpaired) electrons. The van der Waals surface area contributed by atoms with Crippen LogP contribution in [0.4, 0.5) is 5.82 Å². The standard InChI is InChI=1S/C17H14ClN3O4/c1-25-17(24)11-6-7-21-13(8-11)20-15(16(21)19-9-14(22)23)10-2-4-12(18)5-3-10/h2-8,19H,9H2,1H3,(H,22,23). The summed E-state index contributed by atoms with van der Waals surface area (Å²) in [6.07, 6.45) is 1.64. The van der Waals surface area contributed by atoms with Crippen LogP contribution in [0, 0.1) is 0 Å². The number of methoxy groups -OCH3 is 1. The van der Waals surface area contributed by atoms with Crippen LogP contribution in [0.1, 0.15) is 10.4 Å². The molecule has 3 aromatic rings. The number of carbonyl (C=O) groups excluding carboxylic acids is 1. The van der Waals surface area contributed by atoms with Crippen LogP contribution in [0.2, 0.25) is 5.02 Å². The minimum Gasteiger partial charge on any atom is -0.480 e. The highest BCUT2D eigenvalue weighted by Gasteiger charge is 2.16. The number of ether oxygens (including phenoxy) is 1. The Morgan fingerprint density at radius 1 is 1.28 bits per heavy atom. The first kappa shape index (κ1) is 16.8. The number of carboxylic acids is 1. The van der Waals surface area contributed by atoms with Crippen molar-refractivity contribution in [1.82, 2.24) is 9.38 Å². The van der Waals surface area contributed by atoms with E-state index < -0.39 is 11.9 Å². The SMILES string of the molecule is COC(=O)c1ccn2c(NCC(=O)O)c(-c3ccc(Cl)cc3)nc2c1. The Balaban J connectivity index is 2.15. The Labute approximate surface area is 147 Å². The number of carbonyl (C=O) groups is 2. The number of halogens is 1. The van der Waals surface area contributed by atoms with E-state index >= 15 is 0 Å². The number of hydrogen-bond acceptors (Lipinski definition) is 5. The van der Waals surface area contributed by atoms with Crippen LogP contribution in [0.15, 0.2) is 42.6 Å². The third-order valence-corrected chi connectivity index (χ3v) is 3.82. The minimum absolute atomic E-state index is 0.271. The van der Waals surface area contributed by atoms with Crippen molar-refractivity contribution in [3.05, 3.63) is 53.2 Å². The van der Waals surface area contributed by atoms with E-state index in [4.69, 9.17) is 21.4 Å². The van der Waals surface area contributed by atoms with Gasteiger partial charge < -0.3 is 15.2 Å². The quantitative estimate of drug-likeness (QED) is 0.680. The van der Waals surface area contributed by atoms with E-state index in [2.05, 4.69) is 10.3 Å². The molecule has 0 unspecified atom stereocenters. The van der Waals surface area contributed by atoms with Crippen molar-refractivity contribution in [2.45, 2.75) is 0 Å². The Kier molecular flexibility index (Phi) is 4.58. The second-order valence-electron chi connectivity index (χ2n) is 5.20. The molecule has 128 valence electrons. The van der Waals surface area contributed by atoms with Gasteiger partial charge in [-0.3, -0.25) is 9.20 Å². The highest BCUT2D eigenvalue weighted by molar-refractivity contribution is 6.30. The maximum absolute atomic E-state index is 11.7. The molecule has 0 saturated heterocycles. The molecule has 1 aromatic carbocycles. The van der Waals surface area contributed by atoms with E-state index in [0.29, 0.717) is 27.7 Å². The van der Waals surface area contributed by atoms with Crippen molar-refractivity contribution in [2.75, 3.05) is 19.0 Å². The third kappa shape index (κ3) is 3.41. The summed E-state index contributed by atoms with van der Waals surface area (Å²) >= 11 is 5.92. The molecule has 0 aliphatic heterocycles. The summed E-state index contributed by atoms with van der Waals surface area (Å²) < 4.78 is 6.39. The molecule has 0 aliphatic rings. The minimum atomic E-state index is -0.997. The summed E-state index contributed by atoms with van der Waals surface area (Å²) in [4.78, 5) is 27.2. The van der Waals surface area contributed by atoms with Crippen LogP contribution in [-0.2, 0) is 9.53 Å². The number of aliphatic carboxylic acids is 1. The molecule has 2 N–H and O–H groups in total. The summed E-state index contributed by atoms with van der Waals surface area (Å²) in [6, 6.07) is 10.2. The average Bonchev–Trinajstić information content (AvgIpc) is 2.97. The van der Waals surface area contributed by atoms with Crippen LogP contribution in [0.5, 0.6) is 0 Å². The van der Waals surface area contributed by atoms with Crippen molar-refractivity contribution in [3.63, 3.8) is 0 Å². The Bertz CT molecular complexity index is 950. The number of anilines is 1. The molecule has 8 heteroatoms. The lowest BCUT2D eigenvalue weighted by atomic mass is 10.1. The summed E-state index contributed by atoms with van der Waals surface area (Å²) in [5.74, 6) is -0.960. The number of imidazole rings is 1. The molecule has 7 nitrogen and oxygen atoms in total. The number of rotatable bonds is 5. The summed E-state index contributed by atoms with van der Waals surface area (Å²) in [5, 5.41) is 12.4. The number of aromatic nitrogens is 2. The van der Waals surface area contributed by atoms with Gasteiger partial charge in [0, 0.05) is 16.8 Å². The number of carboxylic acid groups (broad SMARTS) is 1. The molecule has 2 aromatic heterocycles. The summed E-state index contributed by atoms with van der Waals surface area (Å²) in [7, 11) is 1.30. The van der Waals surface area contributed by atoms with Crippen molar-refractivity contribution in [2.24, 2.45) is 0 Å². The van der Waals surface area contributed by atoms with E-state index in [9.17, 15) is 9.59 Å². The molecular weight excluding hydrogens is 346 g/mol. The first-order chi connectivity index (χ1) is 12.0. The zero-order valence-electron chi connectivity index (χ0n) is 13.2. The highest BCUT2D eigenvalue weighted by atomic mass is 35.5. The molecule has 0 bridgehead atoms. The summed E-state index contributed by atoms with van der Waals surface area (Å²) in [5.41, 5.74) is 2.16. The van der Waals surface area contributed by atoms with E-state index in [1.165, 1.54) is 7.11 Å². The second kappa shape index (κ2) is 6.82. The molecule has 2 heterocycles. The number of pyridine rings is 1. The predicted molar refractivity (Wildman–Crippen MR) is 93.1 cm³/mol. The molecule has 3 rings (SSSR count). The lowest BCUT2D eigenvalue weighted by molar-refractivity contribution is -0.134. The summed E-state index contributed by atoms with van der Waals surface area (Å²) in [6.45, 7) is -0.271. The maximum Gasteiger partial charge on any atom is 0.338 e. The van der Waals surface area contributed by atoms with Gasteiger partial charge in [-0.25, -0.2) is 9.78 Å². The van der Waals surface area contributed by atoms with Gasteiger partial charge in [-0.05, 0) is 24.3 Å². The van der Waals surface area contributed by atoms with Gasteiger partial charge in [0.25, 0.3) is 0 Å². The lowest BCUT2D eigenvalue weighted by Crippen LogP contribution is -2.14. The van der Waals surface area contributed by atoms with E-state index in [-0.39, 0.29) is 6.54 Å². The molecule has 0 amide bonds. The van der Waals surface area contributed by atoms with Crippen molar-refractivity contribution in [3.8, 4) is 11.3 Å². The largest absolute Gasteiger partial charge is 0.480 e. The first-order valence-electron chi connectivity index (χ1n) is 7.31. The van der Waals surface area contributed by atoms with E-state index in [1.807, 2.05) is 0 Å². The van der Waals surface area contributed by atoms with Crippen LogP contribution in [-0.4, -0.2) is 40.1 Å². The van der Waals surface area contributed by atoms with Gasteiger partial charge in [-0.2, -0.15) is 0 Å². The molecule has 0 saturated carbocycles. The van der Waals surface area contributed by atoms with Gasteiger partial charge in [0.1, 0.15) is 23.7 Å². The molecule has 0 aliphatic carbocycles. The topological polar surface area (TPSA) is 92.9 Å². The van der Waals surface area contributed by atoms with Gasteiger partial charge in [0.15, 0.2) is 0 Å². The molecule has 0 spiro atoms. The molecule has 0 atom stereocenters. The number of fused-ring (bicyclic) bond motifs is 1. The number of nitrogens with one attached hydrogen (secondary N) is 1. The maximum atomic E-state index is 11.7. The van der Waals surface area contributed by atoms with Gasteiger partial charge in [-0.1, -0.05) is 23.7 Å². The van der Waals surface area contributed by atoms with Crippen LogP contribution < -0.4 is 5.32 Å². The Morgan fingerprint density at radius 2 is 2.00 bits per heavy atom. The monoisotopic (exact) mass is 359 g/mol. The van der Waals surface area contributed by atoms with Gasteiger partial charge in [-0.15, -0.1) is 0 Å². The first-order valence-corrected chi connectivity index (χ1v) is 7.69. The number of esters is 1. The van der Waals surface area contributed by atoms with Crippen molar-refractivity contribution >= 4 is 35.0 Å². The van der Waals surface area contributed by atoms with Gasteiger partial charge in [0.05, 0.1) is 12.7 Å². The Morgan fingerprint density at radius 3 is 2.64 bits per heavy atom. The number of hydrogen-bond donors (Lipinski definition) is 2. The van der Waals surface area contributed by atoms with Crippen LogP contribution in [0.3, 0.4) is 0 Å². The molecular formula is C17H14ClN3O4. The predicted octanol–water partition coefficient (Wildman–Crippen LogP) is 2.94.